The van der Waals surface area contributed by atoms with Gasteiger partial charge in [-0.05, 0) is 38.0 Å². The highest BCUT2D eigenvalue weighted by atomic mass is 16.6. The summed E-state index contributed by atoms with van der Waals surface area (Å²) in [5.74, 6) is 1.09. The Morgan fingerprint density at radius 3 is 2.28 bits per heavy atom. The molecule has 0 aromatic rings. The summed E-state index contributed by atoms with van der Waals surface area (Å²) in [5, 5.41) is 0. The summed E-state index contributed by atoms with van der Waals surface area (Å²) in [7, 11) is 0. The predicted octanol–water partition coefficient (Wildman–Crippen LogP) is 2.03. The van der Waals surface area contributed by atoms with Gasteiger partial charge in [-0.25, -0.2) is 4.79 Å². The van der Waals surface area contributed by atoms with Gasteiger partial charge in [0.15, 0.2) is 0 Å². The summed E-state index contributed by atoms with van der Waals surface area (Å²) in [6, 6.07) is 0. The normalized spacial score (nSPS) is 38.4. The van der Waals surface area contributed by atoms with E-state index >= 15 is 0 Å². The Bertz CT molecular complexity index is 371. The van der Waals surface area contributed by atoms with Crippen molar-refractivity contribution in [3.63, 3.8) is 0 Å². The Labute approximate surface area is 108 Å². The number of likely N-dealkylation sites (tertiary alicyclic amines) is 1. The third kappa shape index (κ3) is 1.58. The molecule has 1 spiro atoms. The number of hydrogen-bond donors (Lipinski definition) is 0. The van der Waals surface area contributed by atoms with E-state index in [0.29, 0.717) is 17.3 Å². The highest BCUT2D eigenvalue weighted by molar-refractivity contribution is 5.68. The van der Waals surface area contributed by atoms with Crippen molar-refractivity contribution in [2.45, 2.75) is 38.2 Å². The molecule has 4 fully saturated rings. The van der Waals surface area contributed by atoms with Crippen LogP contribution >= 0.6 is 0 Å². The molecular weight excluding hydrogens is 230 g/mol. The van der Waals surface area contributed by atoms with Crippen LogP contribution in [0.3, 0.4) is 0 Å². The van der Waals surface area contributed by atoms with E-state index in [-0.39, 0.29) is 11.7 Å². The maximum absolute atomic E-state index is 12.2. The molecule has 2 aliphatic carbocycles. The molecule has 100 valence electrons. The minimum Gasteiger partial charge on any atom is -0.443 e. The second-order valence-electron chi connectivity index (χ2n) is 6.89. The number of ether oxygens (including phenoxy) is 2. The van der Waals surface area contributed by atoms with E-state index in [1.807, 2.05) is 11.8 Å². The van der Waals surface area contributed by atoms with Crippen molar-refractivity contribution in [3.8, 4) is 0 Å². The van der Waals surface area contributed by atoms with Gasteiger partial charge in [0.1, 0.15) is 5.60 Å². The van der Waals surface area contributed by atoms with Crippen LogP contribution in [0.25, 0.3) is 0 Å². The van der Waals surface area contributed by atoms with Crippen molar-refractivity contribution in [1.29, 1.82) is 0 Å². The van der Waals surface area contributed by atoms with Crippen molar-refractivity contribution < 1.29 is 14.3 Å². The lowest BCUT2D eigenvalue weighted by molar-refractivity contribution is -0.0934. The van der Waals surface area contributed by atoms with E-state index in [0.717, 1.165) is 39.1 Å². The maximum atomic E-state index is 12.2. The minimum absolute atomic E-state index is 0.0950. The molecule has 2 atom stereocenters. The highest BCUT2D eigenvalue weighted by Gasteiger charge is 2.60. The van der Waals surface area contributed by atoms with Crippen LogP contribution in [-0.2, 0) is 9.47 Å². The summed E-state index contributed by atoms with van der Waals surface area (Å²) in [4.78, 5) is 14.1. The fraction of sp³-hybridized carbons (Fsp3) is 0.929. The van der Waals surface area contributed by atoms with E-state index in [1.165, 1.54) is 12.8 Å². The van der Waals surface area contributed by atoms with Crippen LogP contribution in [0.15, 0.2) is 0 Å². The van der Waals surface area contributed by atoms with Gasteiger partial charge in [0, 0.05) is 24.9 Å². The van der Waals surface area contributed by atoms with E-state index in [4.69, 9.17) is 9.47 Å². The molecular formula is C14H21NO3. The second-order valence-corrected chi connectivity index (χ2v) is 6.89. The SMILES string of the molecule is CC1(OC(=O)N2CC3COCC(C2)C32CC2)CC1. The predicted molar refractivity (Wildman–Crippen MR) is 65.2 cm³/mol. The molecule has 4 heteroatoms. The summed E-state index contributed by atoms with van der Waals surface area (Å²) in [5.41, 5.74) is 0.371. The molecule has 0 N–H and O–H groups in total. The van der Waals surface area contributed by atoms with Crippen LogP contribution in [0, 0.1) is 17.3 Å². The van der Waals surface area contributed by atoms with Crippen LogP contribution in [0.1, 0.15) is 32.6 Å². The average Bonchev–Trinajstić information content (AvgIpc) is 3.19. The summed E-state index contributed by atoms with van der Waals surface area (Å²) in [6.07, 6.45) is 4.62. The zero-order valence-corrected chi connectivity index (χ0v) is 11.0. The summed E-state index contributed by atoms with van der Waals surface area (Å²) >= 11 is 0. The van der Waals surface area contributed by atoms with Crippen molar-refractivity contribution >= 4 is 6.09 Å². The Morgan fingerprint density at radius 2 is 1.78 bits per heavy atom. The molecule has 0 radical (unpaired) electrons. The summed E-state index contributed by atoms with van der Waals surface area (Å²) in [6.45, 7) is 5.37. The van der Waals surface area contributed by atoms with Crippen LogP contribution < -0.4 is 0 Å². The first kappa shape index (κ1) is 11.1. The molecule has 1 amide bonds. The van der Waals surface area contributed by atoms with Crippen molar-refractivity contribution in [2.24, 2.45) is 17.3 Å². The van der Waals surface area contributed by atoms with E-state index < -0.39 is 0 Å². The number of carbonyl (C=O) groups excluding carboxylic acids is 1. The minimum atomic E-state index is -0.155. The number of hydrogen-bond acceptors (Lipinski definition) is 3. The van der Waals surface area contributed by atoms with Gasteiger partial charge < -0.3 is 14.4 Å². The highest BCUT2D eigenvalue weighted by Crippen LogP contribution is 2.61. The van der Waals surface area contributed by atoms with E-state index in [2.05, 4.69) is 0 Å². The molecule has 0 aromatic carbocycles. The van der Waals surface area contributed by atoms with Crippen LogP contribution in [0.5, 0.6) is 0 Å². The van der Waals surface area contributed by atoms with Gasteiger partial charge in [-0.3, -0.25) is 0 Å². The number of carbonyl (C=O) groups is 1. The van der Waals surface area contributed by atoms with Gasteiger partial charge >= 0.3 is 6.09 Å². The first-order valence-corrected chi connectivity index (χ1v) is 7.17. The van der Waals surface area contributed by atoms with E-state index in [1.54, 1.807) is 0 Å². The first-order valence-electron chi connectivity index (χ1n) is 7.17. The van der Waals surface area contributed by atoms with Gasteiger partial charge in [0.25, 0.3) is 0 Å². The molecule has 2 saturated carbocycles. The summed E-state index contributed by atoms with van der Waals surface area (Å²) < 4.78 is 11.3. The molecule has 2 aliphatic heterocycles. The van der Waals surface area contributed by atoms with E-state index in [9.17, 15) is 4.79 Å². The second kappa shape index (κ2) is 3.41. The fourth-order valence-electron chi connectivity index (χ4n) is 3.76. The van der Waals surface area contributed by atoms with Crippen LogP contribution in [-0.4, -0.2) is 42.9 Å². The monoisotopic (exact) mass is 251 g/mol. The van der Waals surface area contributed by atoms with Gasteiger partial charge in [0.2, 0.25) is 0 Å². The standard InChI is InChI=1S/C14H21NO3/c1-13(2-3-13)18-12(16)15-6-10-8-17-9-11(7-15)14(10)4-5-14/h10-11H,2-9H2,1H3. The number of rotatable bonds is 1. The third-order valence-electron chi connectivity index (χ3n) is 5.52. The fourth-order valence-corrected chi connectivity index (χ4v) is 3.76. The maximum Gasteiger partial charge on any atom is 0.410 e. The van der Waals surface area contributed by atoms with Gasteiger partial charge in [-0.2, -0.15) is 0 Å². The lowest BCUT2D eigenvalue weighted by Crippen LogP contribution is -2.55. The molecule has 4 nitrogen and oxygen atoms in total. The number of amides is 1. The quantitative estimate of drug-likeness (QED) is 0.716. The topological polar surface area (TPSA) is 38.8 Å². The molecule has 0 aromatic heterocycles. The number of piperidine rings is 1. The lowest BCUT2D eigenvalue weighted by atomic mass is 9.73. The van der Waals surface area contributed by atoms with Crippen molar-refractivity contribution in [3.05, 3.63) is 0 Å². The van der Waals surface area contributed by atoms with Crippen molar-refractivity contribution in [1.82, 2.24) is 4.90 Å². The first-order chi connectivity index (χ1) is 8.61. The third-order valence-corrected chi connectivity index (χ3v) is 5.52. The molecule has 4 aliphatic rings. The van der Waals surface area contributed by atoms with Gasteiger partial charge in [0.05, 0.1) is 13.2 Å². The molecule has 2 bridgehead atoms. The van der Waals surface area contributed by atoms with Gasteiger partial charge in [-0.1, -0.05) is 0 Å². The van der Waals surface area contributed by atoms with Gasteiger partial charge in [-0.15, -0.1) is 0 Å². The lowest BCUT2D eigenvalue weighted by Gasteiger charge is -2.47. The largest absolute Gasteiger partial charge is 0.443 e. The Hall–Kier alpha value is -0.770. The Balaban J connectivity index is 1.46. The molecule has 18 heavy (non-hydrogen) atoms. The number of nitrogens with zero attached hydrogens (tertiary/aromatic N) is 1. The molecule has 2 heterocycles. The van der Waals surface area contributed by atoms with Crippen LogP contribution in [0.2, 0.25) is 0 Å². The average molecular weight is 251 g/mol. The molecule has 2 unspecified atom stereocenters. The zero-order chi connectivity index (χ0) is 12.4. The Kier molecular flexibility index (Phi) is 2.10. The molecule has 4 rings (SSSR count). The zero-order valence-electron chi connectivity index (χ0n) is 11.0. The van der Waals surface area contributed by atoms with Crippen LogP contribution in [0.4, 0.5) is 4.79 Å². The Morgan fingerprint density at radius 1 is 1.17 bits per heavy atom. The molecule has 2 saturated heterocycles. The van der Waals surface area contributed by atoms with Crippen molar-refractivity contribution in [2.75, 3.05) is 26.3 Å². The smallest absolute Gasteiger partial charge is 0.410 e.